The third-order valence-electron chi connectivity index (χ3n) is 4.50. The molecule has 0 aliphatic rings. The van der Waals surface area contributed by atoms with Crippen molar-refractivity contribution in [2.24, 2.45) is 38.7 Å². The summed E-state index contributed by atoms with van der Waals surface area (Å²) < 4.78 is 0. The van der Waals surface area contributed by atoms with Crippen molar-refractivity contribution in [2.75, 3.05) is 25.4 Å². The van der Waals surface area contributed by atoms with E-state index in [0.29, 0.717) is 6.42 Å². The summed E-state index contributed by atoms with van der Waals surface area (Å²) in [4.78, 5) is 56.3. The van der Waals surface area contributed by atoms with Gasteiger partial charge in [-0.3, -0.25) is 24.4 Å². The third-order valence-corrected chi connectivity index (χ3v) is 4.86. The number of aliphatic carboxylic acids is 1. The van der Waals surface area contributed by atoms with E-state index in [1.54, 1.807) is 0 Å². The van der Waals surface area contributed by atoms with E-state index in [2.05, 4.69) is 38.6 Å². The van der Waals surface area contributed by atoms with Crippen LogP contribution >= 0.6 is 12.6 Å². The molecule has 0 aliphatic carbocycles. The van der Waals surface area contributed by atoms with Gasteiger partial charge in [-0.15, -0.1) is 0 Å². The summed E-state index contributed by atoms with van der Waals surface area (Å²) >= 11 is 3.88. The highest BCUT2D eigenvalue weighted by molar-refractivity contribution is 7.80. The van der Waals surface area contributed by atoms with Crippen LogP contribution in [0.15, 0.2) is 9.98 Å². The molecular weight excluding hydrogens is 484 g/mol. The number of guanidine groups is 2. The standard InChI is InChI=1S/C18H36N10O6S/c19-9(3-1-5-24-17(20)21)13(30)27-11(7-29)15(32)26-10(4-2-6-25-18(22)23)14(31)28-12(8-35)16(33)34/h9-12,29,35H,1-8,19H2,(H,26,32)(H,27,30)(H,28,31)(H,33,34)(H4,20,21,24)(H4,22,23,25). The summed E-state index contributed by atoms with van der Waals surface area (Å²) in [5.74, 6) is -4.15. The van der Waals surface area contributed by atoms with Gasteiger partial charge in [-0.25, -0.2) is 4.79 Å². The number of aliphatic hydroxyl groups is 1. The van der Waals surface area contributed by atoms with Crippen LogP contribution in [0.4, 0.5) is 0 Å². The van der Waals surface area contributed by atoms with Gasteiger partial charge in [0.05, 0.1) is 12.6 Å². The third kappa shape index (κ3) is 13.9. The van der Waals surface area contributed by atoms with Crippen LogP contribution in [0.3, 0.4) is 0 Å². The Balaban J connectivity index is 5.18. The molecule has 0 spiro atoms. The van der Waals surface area contributed by atoms with E-state index >= 15 is 0 Å². The zero-order valence-corrected chi connectivity index (χ0v) is 20.1. The van der Waals surface area contributed by atoms with Gasteiger partial charge in [0.25, 0.3) is 0 Å². The predicted octanol–water partition coefficient (Wildman–Crippen LogP) is -5.12. The number of nitrogens with zero attached hydrogens (tertiary/aromatic N) is 2. The zero-order chi connectivity index (χ0) is 27.0. The van der Waals surface area contributed by atoms with Gasteiger partial charge in [-0.2, -0.15) is 12.6 Å². The Morgan fingerprint density at radius 1 is 0.771 bits per heavy atom. The van der Waals surface area contributed by atoms with Crippen LogP contribution in [-0.4, -0.2) is 95.4 Å². The number of carboxylic acid groups (broad SMARTS) is 1. The number of carboxylic acids is 1. The number of aliphatic imine (C=N–C) groups is 2. The first-order chi connectivity index (χ1) is 16.4. The number of nitrogens with one attached hydrogen (secondary N) is 3. The van der Waals surface area contributed by atoms with E-state index in [1.807, 2.05) is 0 Å². The average molecular weight is 521 g/mol. The minimum Gasteiger partial charge on any atom is -0.480 e. The second-order valence-electron chi connectivity index (χ2n) is 7.39. The van der Waals surface area contributed by atoms with E-state index < -0.39 is 54.5 Å². The van der Waals surface area contributed by atoms with Crippen LogP contribution in [0.5, 0.6) is 0 Å². The van der Waals surface area contributed by atoms with E-state index in [0.717, 1.165) is 0 Å². The summed E-state index contributed by atoms with van der Waals surface area (Å²) in [6, 6.07) is -4.93. The Morgan fingerprint density at radius 2 is 1.23 bits per heavy atom. The van der Waals surface area contributed by atoms with Gasteiger partial charge in [0.1, 0.15) is 18.1 Å². The molecule has 0 radical (unpaired) electrons. The van der Waals surface area contributed by atoms with E-state index in [1.165, 1.54) is 0 Å². The normalized spacial score (nSPS) is 13.9. The average Bonchev–Trinajstić information content (AvgIpc) is 2.79. The molecule has 0 fully saturated rings. The predicted molar refractivity (Wildman–Crippen MR) is 132 cm³/mol. The second kappa shape index (κ2) is 17.2. The fourth-order valence-corrected chi connectivity index (χ4v) is 2.87. The highest BCUT2D eigenvalue weighted by atomic mass is 32.1. The van der Waals surface area contributed by atoms with E-state index in [-0.39, 0.29) is 50.0 Å². The molecule has 16 nitrogen and oxygen atoms in total. The van der Waals surface area contributed by atoms with Crippen molar-refractivity contribution in [2.45, 2.75) is 49.9 Å². The molecule has 4 unspecified atom stereocenters. The Bertz CT molecular complexity index is 773. The SMILES string of the molecule is NC(N)=NCCCC(N)C(=O)NC(CO)C(=O)NC(CCCN=C(N)N)C(=O)NC(CS)C(=O)O. The Kier molecular flexibility index (Phi) is 15.5. The lowest BCUT2D eigenvalue weighted by Gasteiger charge is -2.24. The molecule has 0 saturated carbocycles. The number of hydrogen-bond donors (Lipinski definition) is 11. The molecule has 0 saturated heterocycles. The number of rotatable bonds is 17. The minimum atomic E-state index is -1.42. The van der Waals surface area contributed by atoms with Gasteiger partial charge in [0, 0.05) is 18.8 Å². The van der Waals surface area contributed by atoms with Gasteiger partial charge in [-0.05, 0) is 25.7 Å². The number of thiol groups is 1. The van der Waals surface area contributed by atoms with Crippen LogP contribution < -0.4 is 44.6 Å². The Hall–Kier alpha value is -3.31. The lowest BCUT2D eigenvalue weighted by atomic mass is 10.1. The molecule has 0 aromatic heterocycles. The highest BCUT2D eigenvalue weighted by Crippen LogP contribution is 2.03. The van der Waals surface area contributed by atoms with E-state index in [4.69, 9.17) is 33.8 Å². The minimum absolute atomic E-state index is 0.0314. The molecule has 17 heteroatoms. The van der Waals surface area contributed by atoms with Crippen LogP contribution in [0.1, 0.15) is 25.7 Å². The number of amides is 3. The van der Waals surface area contributed by atoms with Gasteiger partial charge in [-0.1, -0.05) is 0 Å². The Labute approximate surface area is 207 Å². The smallest absolute Gasteiger partial charge is 0.327 e. The topological polar surface area (TPSA) is 300 Å². The van der Waals surface area contributed by atoms with Crippen molar-refractivity contribution in [3.8, 4) is 0 Å². The summed E-state index contributed by atoms with van der Waals surface area (Å²) in [6.07, 6.45) is 0.893. The van der Waals surface area contributed by atoms with Crippen LogP contribution in [0.2, 0.25) is 0 Å². The van der Waals surface area contributed by atoms with Crippen molar-refractivity contribution in [1.29, 1.82) is 0 Å². The van der Waals surface area contributed by atoms with E-state index in [9.17, 15) is 24.3 Å². The quantitative estimate of drug-likeness (QED) is 0.0373. The molecule has 3 amide bonds. The van der Waals surface area contributed by atoms with Crippen LogP contribution in [0.25, 0.3) is 0 Å². The second-order valence-corrected chi connectivity index (χ2v) is 7.76. The number of carbonyl (C=O) groups excluding carboxylic acids is 3. The molecule has 0 aromatic rings. The zero-order valence-electron chi connectivity index (χ0n) is 19.2. The number of hydrogen-bond acceptors (Lipinski definition) is 9. The van der Waals surface area contributed by atoms with Crippen molar-refractivity contribution in [3.63, 3.8) is 0 Å². The largest absolute Gasteiger partial charge is 0.480 e. The maximum atomic E-state index is 12.7. The number of carbonyl (C=O) groups is 4. The van der Waals surface area contributed by atoms with Crippen molar-refractivity contribution >= 4 is 48.2 Å². The maximum absolute atomic E-state index is 12.7. The lowest BCUT2D eigenvalue weighted by Crippen LogP contribution is -2.58. The molecule has 15 N–H and O–H groups in total. The maximum Gasteiger partial charge on any atom is 0.327 e. The van der Waals surface area contributed by atoms with Gasteiger partial charge in [0.2, 0.25) is 17.7 Å². The molecule has 35 heavy (non-hydrogen) atoms. The molecule has 0 rings (SSSR count). The molecule has 0 bridgehead atoms. The molecule has 200 valence electrons. The molecular formula is C18H36N10O6S. The van der Waals surface area contributed by atoms with Crippen LogP contribution in [0, 0.1) is 0 Å². The van der Waals surface area contributed by atoms with Gasteiger partial charge >= 0.3 is 5.97 Å². The summed E-state index contributed by atoms with van der Waals surface area (Å²) in [7, 11) is 0. The first kappa shape index (κ1) is 31.7. The fraction of sp³-hybridized carbons (Fsp3) is 0.667. The summed E-state index contributed by atoms with van der Waals surface area (Å²) in [6.45, 7) is -0.381. The molecule has 0 heterocycles. The molecule has 4 atom stereocenters. The Morgan fingerprint density at radius 3 is 1.69 bits per heavy atom. The fourth-order valence-electron chi connectivity index (χ4n) is 2.63. The number of nitrogens with two attached hydrogens (primary N) is 5. The van der Waals surface area contributed by atoms with Crippen LogP contribution in [-0.2, 0) is 19.2 Å². The summed E-state index contributed by atoms with van der Waals surface area (Å²) in [5, 5.41) is 25.7. The summed E-state index contributed by atoms with van der Waals surface area (Å²) in [5.41, 5.74) is 26.7. The van der Waals surface area contributed by atoms with Crippen molar-refractivity contribution in [3.05, 3.63) is 0 Å². The van der Waals surface area contributed by atoms with Crippen molar-refractivity contribution in [1.82, 2.24) is 16.0 Å². The highest BCUT2D eigenvalue weighted by Gasteiger charge is 2.29. The van der Waals surface area contributed by atoms with Gasteiger partial charge in [0.15, 0.2) is 11.9 Å². The van der Waals surface area contributed by atoms with Gasteiger partial charge < -0.3 is 54.8 Å². The first-order valence-electron chi connectivity index (χ1n) is 10.6. The lowest BCUT2D eigenvalue weighted by molar-refractivity contribution is -0.141. The molecule has 0 aliphatic heterocycles. The van der Waals surface area contributed by atoms with Crippen molar-refractivity contribution < 1.29 is 29.4 Å². The monoisotopic (exact) mass is 520 g/mol. The first-order valence-corrected chi connectivity index (χ1v) is 11.3. The molecule has 0 aromatic carbocycles. The number of aliphatic hydroxyl groups excluding tert-OH is 1.